The Bertz CT molecular complexity index is 740. The molecule has 0 aliphatic rings. The standard InChI is InChI=1S/C16H14F3NO5/c1-2-24-14(22)15(23,16(17,18)19)10-5-7-11(8-6-10)20-13(21)12-4-3-9-25-12/h3-9,23H,2H2,1H3,(H,20,21)/t15-/m1/s1. The molecule has 1 amide bonds. The van der Waals surface area contributed by atoms with Crippen LogP contribution in [0, 0.1) is 0 Å². The summed E-state index contributed by atoms with van der Waals surface area (Å²) in [5.74, 6) is -2.41. The van der Waals surface area contributed by atoms with Crippen LogP contribution >= 0.6 is 0 Å². The van der Waals surface area contributed by atoms with Crippen LogP contribution in [0.15, 0.2) is 47.1 Å². The fourth-order valence-electron chi connectivity index (χ4n) is 2.03. The Morgan fingerprint density at radius 2 is 1.84 bits per heavy atom. The van der Waals surface area contributed by atoms with Crippen molar-refractivity contribution in [3.8, 4) is 0 Å². The number of benzene rings is 1. The molecular weight excluding hydrogens is 343 g/mol. The van der Waals surface area contributed by atoms with Crippen LogP contribution in [0.5, 0.6) is 0 Å². The molecule has 0 bridgehead atoms. The van der Waals surface area contributed by atoms with Gasteiger partial charge >= 0.3 is 12.1 Å². The smallest absolute Gasteiger partial charge is 0.432 e. The molecule has 0 saturated carbocycles. The van der Waals surface area contributed by atoms with Gasteiger partial charge in [-0.2, -0.15) is 13.2 Å². The Morgan fingerprint density at radius 1 is 1.20 bits per heavy atom. The van der Waals surface area contributed by atoms with Crippen molar-refractivity contribution in [3.63, 3.8) is 0 Å². The van der Waals surface area contributed by atoms with Crippen molar-refractivity contribution in [1.82, 2.24) is 0 Å². The number of rotatable bonds is 5. The van der Waals surface area contributed by atoms with Crippen LogP contribution in [0.25, 0.3) is 0 Å². The summed E-state index contributed by atoms with van der Waals surface area (Å²) in [5.41, 5.74) is -4.37. The van der Waals surface area contributed by atoms with Crippen LogP contribution < -0.4 is 5.32 Å². The van der Waals surface area contributed by atoms with Gasteiger partial charge in [0.1, 0.15) is 0 Å². The molecule has 0 saturated heterocycles. The van der Waals surface area contributed by atoms with E-state index in [1.807, 2.05) is 0 Å². The number of aliphatic hydroxyl groups is 1. The third-order valence-electron chi connectivity index (χ3n) is 3.29. The van der Waals surface area contributed by atoms with Crippen molar-refractivity contribution in [3.05, 3.63) is 54.0 Å². The third kappa shape index (κ3) is 3.66. The number of hydrogen-bond donors (Lipinski definition) is 2. The molecule has 1 aromatic heterocycles. The lowest BCUT2D eigenvalue weighted by Crippen LogP contribution is -2.50. The van der Waals surface area contributed by atoms with Crippen molar-refractivity contribution in [2.45, 2.75) is 18.7 Å². The summed E-state index contributed by atoms with van der Waals surface area (Å²) in [6.45, 7) is 0.996. The van der Waals surface area contributed by atoms with E-state index >= 15 is 0 Å². The molecule has 134 valence electrons. The highest BCUT2D eigenvalue weighted by atomic mass is 19.4. The molecule has 0 aliphatic heterocycles. The number of anilines is 1. The molecule has 0 radical (unpaired) electrons. The Balaban J connectivity index is 2.27. The first kappa shape index (κ1) is 18.5. The normalized spacial score (nSPS) is 13.8. The minimum atomic E-state index is -5.28. The van der Waals surface area contributed by atoms with E-state index in [4.69, 9.17) is 4.42 Å². The number of carbonyl (C=O) groups excluding carboxylic acids is 2. The maximum Gasteiger partial charge on any atom is 0.432 e. The maximum absolute atomic E-state index is 13.2. The van der Waals surface area contributed by atoms with Gasteiger partial charge in [-0.15, -0.1) is 0 Å². The highest BCUT2D eigenvalue weighted by Gasteiger charge is 2.62. The Hall–Kier alpha value is -2.81. The van der Waals surface area contributed by atoms with E-state index in [1.165, 1.54) is 25.3 Å². The molecule has 0 aliphatic carbocycles. The monoisotopic (exact) mass is 357 g/mol. The van der Waals surface area contributed by atoms with Crippen LogP contribution in [-0.2, 0) is 15.1 Å². The van der Waals surface area contributed by atoms with Crippen molar-refractivity contribution in [2.75, 3.05) is 11.9 Å². The second-order valence-electron chi connectivity index (χ2n) is 4.94. The van der Waals surface area contributed by atoms with Crippen molar-refractivity contribution >= 4 is 17.6 Å². The second kappa shape index (κ2) is 6.98. The molecule has 1 aromatic carbocycles. The number of carbonyl (C=O) groups is 2. The zero-order valence-corrected chi connectivity index (χ0v) is 13.0. The first-order valence-corrected chi connectivity index (χ1v) is 7.12. The van der Waals surface area contributed by atoms with Gasteiger partial charge in [0.05, 0.1) is 12.9 Å². The van der Waals surface area contributed by atoms with Crippen LogP contribution in [0.1, 0.15) is 23.0 Å². The van der Waals surface area contributed by atoms with Gasteiger partial charge < -0.3 is 19.6 Å². The summed E-state index contributed by atoms with van der Waals surface area (Å²) in [6.07, 6.45) is -3.99. The fraction of sp³-hybridized carbons (Fsp3) is 0.250. The first-order valence-electron chi connectivity index (χ1n) is 7.12. The van der Waals surface area contributed by atoms with Crippen molar-refractivity contribution < 1.29 is 37.0 Å². The topological polar surface area (TPSA) is 88.8 Å². The SMILES string of the molecule is CCOC(=O)[C@](O)(c1ccc(NC(=O)c2ccco2)cc1)C(F)(F)F. The molecule has 0 spiro atoms. The van der Waals surface area contributed by atoms with Gasteiger partial charge in [0, 0.05) is 11.3 Å². The van der Waals surface area contributed by atoms with Gasteiger partial charge in [0.15, 0.2) is 5.76 Å². The molecule has 2 aromatic rings. The van der Waals surface area contributed by atoms with Gasteiger partial charge in [0.25, 0.3) is 11.5 Å². The molecule has 6 nitrogen and oxygen atoms in total. The maximum atomic E-state index is 13.2. The summed E-state index contributed by atoms with van der Waals surface area (Å²) in [4.78, 5) is 23.5. The number of ether oxygens (including phenoxy) is 1. The van der Waals surface area contributed by atoms with Gasteiger partial charge in [-0.3, -0.25) is 4.79 Å². The van der Waals surface area contributed by atoms with E-state index in [0.29, 0.717) is 0 Å². The highest BCUT2D eigenvalue weighted by Crippen LogP contribution is 2.40. The van der Waals surface area contributed by atoms with Gasteiger partial charge in [-0.05, 0) is 31.2 Å². The molecule has 2 rings (SSSR count). The lowest BCUT2D eigenvalue weighted by molar-refractivity contribution is -0.267. The molecule has 9 heteroatoms. The van der Waals surface area contributed by atoms with E-state index in [9.17, 15) is 27.9 Å². The van der Waals surface area contributed by atoms with E-state index in [1.54, 1.807) is 0 Å². The number of esters is 1. The van der Waals surface area contributed by atoms with Crippen molar-refractivity contribution in [1.29, 1.82) is 0 Å². The number of halogens is 3. The number of amides is 1. The average Bonchev–Trinajstić information content (AvgIpc) is 3.08. The van der Waals surface area contributed by atoms with Crippen LogP contribution in [0.3, 0.4) is 0 Å². The fourth-order valence-corrected chi connectivity index (χ4v) is 2.03. The van der Waals surface area contributed by atoms with Gasteiger partial charge in [-0.1, -0.05) is 12.1 Å². The molecule has 1 atom stereocenters. The zero-order chi connectivity index (χ0) is 18.7. The molecule has 2 N–H and O–H groups in total. The zero-order valence-electron chi connectivity index (χ0n) is 13.0. The van der Waals surface area contributed by atoms with Crippen LogP contribution in [0.4, 0.5) is 18.9 Å². The largest absolute Gasteiger partial charge is 0.463 e. The van der Waals surface area contributed by atoms with Gasteiger partial charge in [0.2, 0.25) is 0 Å². The Morgan fingerprint density at radius 3 is 2.32 bits per heavy atom. The quantitative estimate of drug-likeness (QED) is 0.804. The summed E-state index contributed by atoms with van der Waals surface area (Å²) in [5, 5.41) is 12.3. The summed E-state index contributed by atoms with van der Waals surface area (Å²) < 4.78 is 48.9. The average molecular weight is 357 g/mol. The van der Waals surface area contributed by atoms with E-state index < -0.39 is 29.2 Å². The van der Waals surface area contributed by atoms with Crippen LogP contribution in [0.2, 0.25) is 0 Å². The molecule has 0 fully saturated rings. The molecular formula is C16H14F3NO5. The minimum Gasteiger partial charge on any atom is -0.463 e. The molecule has 0 unspecified atom stereocenters. The number of hydrogen-bond acceptors (Lipinski definition) is 5. The van der Waals surface area contributed by atoms with E-state index in [0.717, 1.165) is 24.3 Å². The highest BCUT2D eigenvalue weighted by molar-refractivity contribution is 6.02. The number of alkyl halides is 3. The van der Waals surface area contributed by atoms with Crippen molar-refractivity contribution in [2.24, 2.45) is 0 Å². The number of furan rings is 1. The first-order chi connectivity index (χ1) is 11.7. The van der Waals surface area contributed by atoms with Crippen LogP contribution in [-0.4, -0.2) is 29.8 Å². The molecule has 1 heterocycles. The lowest BCUT2D eigenvalue weighted by atomic mass is 9.93. The van der Waals surface area contributed by atoms with Gasteiger partial charge in [-0.25, -0.2) is 4.79 Å². The third-order valence-corrected chi connectivity index (χ3v) is 3.29. The number of nitrogens with one attached hydrogen (secondary N) is 1. The predicted octanol–water partition coefficient (Wildman–Crippen LogP) is 2.84. The molecule has 25 heavy (non-hydrogen) atoms. The summed E-state index contributed by atoms with van der Waals surface area (Å²) >= 11 is 0. The Kier molecular flexibility index (Phi) is 5.17. The lowest BCUT2D eigenvalue weighted by Gasteiger charge is -2.28. The Labute approximate surface area is 140 Å². The summed E-state index contributed by atoms with van der Waals surface area (Å²) in [7, 11) is 0. The second-order valence-corrected chi connectivity index (χ2v) is 4.94. The predicted molar refractivity (Wildman–Crippen MR) is 79.7 cm³/mol. The van der Waals surface area contributed by atoms with E-state index in [2.05, 4.69) is 10.1 Å². The minimum absolute atomic E-state index is 0.0161. The van der Waals surface area contributed by atoms with E-state index in [-0.39, 0.29) is 18.1 Å². The summed E-state index contributed by atoms with van der Waals surface area (Å²) in [6, 6.07) is 6.90.